The highest BCUT2D eigenvalue weighted by atomic mass is 79.9. The third-order valence-corrected chi connectivity index (χ3v) is 3.70. The number of nitrogens with one attached hydrogen (secondary N) is 1. The number of benzene rings is 2. The molecule has 0 fully saturated rings. The summed E-state index contributed by atoms with van der Waals surface area (Å²) >= 11 is 3.41. The zero-order valence-electron chi connectivity index (χ0n) is 11.7. The van der Waals surface area contributed by atoms with Crippen LogP contribution in [0.4, 0.5) is 0 Å². The van der Waals surface area contributed by atoms with Gasteiger partial charge in [-0.1, -0.05) is 57.9 Å². The second kappa shape index (κ2) is 6.71. The Morgan fingerprint density at radius 1 is 1.20 bits per heavy atom. The smallest absolute Gasteiger partial charge is 0.224 e. The van der Waals surface area contributed by atoms with Crippen LogP contribution in [0.5, 0.6) is 0 Å². The van der Waals surface area contributed by atoms with Crippen LogP contribution in [0.15, 0.2) is 53.0 Å². The maximum atomic E-state index is 12.0. The molecule has 1 N–H and O–H groups in total. The van der Waals surface area contributed by atoms with E-state index in [0.717, 1.165) is 15.6 Å². The van der Waals surface area contributed by atoms with Gasteiger partial charge in [0.1, 0.15) is 0 Å². The second-order valence-electron chi connectivity index (χ2n) is 5.01. The first-order valence-corrected chi connectivity index (χ1v) is 7.44. The molecule has 0 saturated carbocycles. The molecule has 2 aromatic rings. The zero-order chi connectivity index (χ0) is 14.5. The van der Waals surface area contributed by atoms with Gasteiger partial charge in [-0.05, 0) is 37.1 Å². The van der Waals surface area contributed by atoms with Crippen LogP contribution in [0.2, 0.25) is 0 Å². The minimum absolute atomic E-state index is 0.0234. The van der Waals surface area contributed by atoms with Crippen molar-refractivity contribution in [3.8, 4) is 0 Å². The molecule has 3 heteroatoms. The number of aryl methyl sites for hydroxylation is 1. The number of carbonyl (C=O) groups is 1. The molecule has 0 saturated heterocycles. The number of halogens is 1. The molecule has 0 aliphatic rings. The Kier molecular flexibility index (Phi) is 4.96. The number of amides is 1. The monoisotopic (exact) mass is 331 g/mol. The molecule has 0 unspecified atom stereocenters. The van der Waals surface area contributed by atoms with Crippen LogP contribution in [-0.2, 0) is 11.2 Å². The van der Waals surface area contributed by atoms with Gasteiger partial charge >= 0.3 is 0 Å². The molecule has 1 atom stereocenters. The minimum atomic E-state index is 0.0234. The summed E-state index contributed by atoms with van der Waals surface area (Å²) in [7, 11) is 0. The predicted molar refractivity (Wildman–Crippen MR) is 85.6 cm³/mol. The van der Waals surface area contributed by atoms with E-state index in [9.17, 15) is 4.79 Å². The summed E-state index contributed by atoms with van der Waals surface area (Å²) in [6.07, 6.45) is 0.398. The van der Waals surface area contributed by atoms with Gasteiger partial charge in [-0.25, -0.2) is 0 Å². The van der Waals surface area contributed by atoms with Crippen molar-refractivity contribution in [3.05, 3.63) is 69.7 Å². The fourth-order valence-corrected chi connectivity index (χ4v) is 2.51. The maximum Gasteiger partial charge on any atom is 0.224 e. The van der Waals surface area contributed by atoms with Crippen molar-refractivity contribution in [1.29, 1.82) is 0 Å². The molecular weight excluding hydrogens is 314 g/mol. The lowest BCUT2D eigenvalue weighted by Crippen LogP contribution is -2.28. The molecule has 104 valence electrons. The van der Waals surface area contributed by atoms with Gasteiger partial charge < -0.3 is 5.32 Å². The van der Waals surface area contributed by atoms with Gasteiger partial charge in [0.05, 0.1) is 12.5 Å². The fourth-order valence-electron chi connectivity index (χ4n) is 2.06. The van der Waals surface area contributed by atoms with Gasteiger partial charge in [0.15, 0.2) is 0 Å². The first kappa shape index (κ1) is 14.8. The highest BCUT2D eigenvalue weighted by Gasteiger charge is 2.10. The summed E-state index contributed by atoms with van der Waals surface area (Å²) in [6.45, 7) is 4.06. The van der Waals surface area contributed by atoms with E-state index in [1.165, 1.54) is 5.56 Å². The first-order valence-electron chi connectivity index (χ1n) is 6.65. The first-order chi connectivity index (χ1) is 9.54. The van der Waals surface area contributed by atoms with Crippen LogP contribution >= 0.6 is 15.9 Å². The van der Waals surface area contributed by atoms with Crippen molar-refractivity contribution in [2.45, 2.75) is 26.3 Å². The fraction of sp³-hybridized carbons (Fsp3) is 0.235. The highest BCUT2D eigenvalue weighted by Crippen LogP contribution is 2.15. The summed E-state index contributed by atoms with van der Waals surface area (Å²) in [5.74, 6) is 0.0381. The standard InChI is InChI=1S/C17H18BrNO/c1-12-6-8-15(9-7-12)13(2)19-17(20)11-14-4-3-5-16(18)10-14/h3-10,13H,11H2,1-2H3,(H,19,20)/t13-/m1/s1. The predicted octanol–water partition coefficient (Wildman–Crippen LogP) is 4.18. The average Bonchev–Trinajstić information content (AvgIpc) is 2.39. The number of carbonyl (C=O) groups excluding carboxylic acids is 1. The Hall–Kier alpha value is -1.61. The van der Waals surface area contributed by atoms with Crippen LogP contribution in [0.25, 0.3) is 0 Å². The Balaban J connectivity index is 1.95. The Morgan fingerprint density at radius 3 is 2.55 bits per heavy atom. The summed E-state index contributed by atoms with van der Waals surface area (Å²) in [5, 5.41) is 3.03. The molecule has 1 amide bonds. The molecule has 2 aromatic carbocycles. The van der Waals surface area contributed by atoms with E-state index < -0.39 is 0 Å². The zero-order valence-corrected chi connectivity index (χ0v) is 13.3. The van der Waals surface area contributed by atoms with Gasteiger partial charge in [0, 0.05) is 4.47 Å². The van der Waals surface area contributed by atoms with Crippen molar-refractivity contribution >= 4 is 21.8 Å². The van der Waals surface area contributed by atoms with Crippen LogP contribution < -0.4 is 5.32 Å². The molecule has 0 aliphatic heterocycles. The molecule has 0 aliphatic carbocycles. The molecule has 0 heterocycles. The average molecular weight is 332 g/mol. The van der Waals surface area contributed by atoms with Gasteiger partial charge in [0.2, 0.25) is 5.91 Å². The van der Waals surface area contributed by atoms with Crippen molar-refractivity contribution in [1.82, 2.24) is 5.32 Å². The molecule has 0 radical (unpaired) electrons. The lowest BCUT2D eigenvalue weighted by atomic mass is 10.1. The van der Waals surface area contributed by atoms with Crippen LogP contribution in [0, 0.1) is 6.92 Å². The third-order valence-electron chi connectivity index (χ3n) is 3.21. The number of rotatable bonds is 4. The van der Waals surface area contributed by atoms with Gasteiger partial charge in [-0.2, -0.15) is 0 Å². The van der Waals surface area contributed by atoms with Crippen molar-refractivity contribution in [2.24, 2.45) is 0 Å². The van der Waals surface area contributed by atoms with E-state index in [1.54, 1.807) is 0 Å². The van der Waals surface area contributed by atoms with E-state index >= 15 is 0 Å². The summed E-state index contributed by atoms with van der Waals surface area (Å²) in [5.41, 5.74) is 3.35. The van der Waals surface area contributed by atoms with Gasteiger partial charge in [0.25, 0.3) is 0 Å². The topological polar surface area (TPSA) is 29.1 Å². The lowest BCUT2D eigenvalue weighted by Gasteiger charge is -2.14. The Morgan fingerprint density at radius 2 is 1.90 bits per heavy atom. The molecule has 0 bridgehead atoms. The van der Waals surface area contributed by atoms with Crippen molar-refractivity contribution in [3.63, 3.8) is 0 Å². The second-order valence-corrected chi connectivity index (χ2v) is 5.92. The summed E-state index contributed by atoms with van der Waals surface area (Å²) in [6, 6.07) is 16.1. The largest absolute Gasteiger partial charge is 0.349 e. The van der Waals surface area contributed by atoms with Crippen LogP contribution in [0.3, 0.4) is 0 Å². The molecule has 0 aromatic heterocycles. The number of hydrogen-bond acceptors (Lipinski definition) is 1. The maximum absolute atomic E-state index is 12.0. The van der Waals surface area contributed by atoms with E-state index in [4.69, 9.17) is 0 Å². The number of hydrogen-bond donors (Lipinski definition) is 1. The highest BCUT2D eigenvalue weighted by molar-refractivity contribution is 9.10. The molecular formula is C17H18BrNO. The normalized spacial score (nSPS) is 11.9. The molecule has 2 rings (SSSR count). The molecule has 20 heavy (non-hydrogen) atoms. The van der Waals surface area contributed by atoms with E-state index in [0.29, 0.717) is 6.42 Å². The quantitative estimate of drug-likeness (QED) is 0.894. The van der Waals surface area contributed by atoms with Crippen molar-refractivity contribution in [2.75, 3.05) is 0 Å². The van der Waals surface area contributed by atoms with Gasteiger partial charge in [-0.15, -0.1) is 0 Å². The molecule has 0 spiro atoms. The minimum Gasteiger partial charge on any atom is -0.349 e. The van der Waals surface area contributed by atoms with Crippen LogP contribution in [0.1, 0.15) is 29.7 Å². The summed E-state index contributed by atoms with van der Waals surface area (Å²) < 4.78 is 0.995. The molecule has 2 nitrogen and oxygen atoms in total. The third kappa shape index (κ3) is 4.20. The van der Waals surface area contributed by atoms with E-state index in [2.05, 4.69) is 52.4 Å². The van der Waals surface area contributed by atoms with Crippen LogP contribution in [-0.4, -0.2) is 5.91 Å². The lowest BCUT2D eigenvalue weighted by molar-refractivity contribution is -0.121. The van der Waals surface area contributed by atoms with E-state index in [-0.39, 0.29) is 11.9 Å². The SMILES string of the molecule is Cc1ccc([C@@H](C)NC(=O)Cc2cccc(Br)c2)cc1. The summed E-state index contributed by atoms with van der Waals surface area (Å²) in [4.78, 5) is 12.0. The van der Waals surface area contributed by atoms with E-state index in [1.807, 2.05) is 31.2 Å². The Labute approximate surface area is 128 Å². The van der Waals surface area contributed by atoms with Gasteiger partial charge in [-0.3, -0.25) is 4.79 Å². The van der Waals surface area contributed by atoms with Crippen molar-refractivity contribution < 1.29 is 4.79 Å². The Bertz CT molecular complexity index is 592.